The molecule has 0 amide bonds. The third-order valence-corrected chi connectivity index (χ3v) is 2.25. The van der Waals surface area contributed by atoms with Crippen molar-refractivity contribution in [3.8, 4) is 11.6 Å². The number of nitrogens with zero attached hydrogens (tertiary/aromatic N) is 2. The second-order valence-corrected chi connectivity index (χ2v) is 3.52. The fourth-order valence-corrected chi connectivity index (χ4v) is 1.44. The third-order valence-electron chi connectivity index (χ3n) is 2.25. The van der Waals surface area contributed by atoms with Gasteiger partial charge in [0.15, 0.2) is 0 Å². The van der Waals surface area contributed by atoms with Gasteiger partial charge in [-0.3, -0.25) is 14.9 Å². The lowest BCUT2D eigenvalue weighted by Crippen LogP contribution is -2.20. The average molecular weight is 310 g/mol. The molecule has 116 valence electrons. The highest BCUT2D eigenvalue weighted by atomic mass is 19.4. The van der Waals surface area contributed by atoms with Crippen LogP contribution in [0.1, 0.15) is 5.56 Å². The first-order chi connectivity index (χ1) is 9.69. The lowest BCUT2D eigenvalue weighted by molar-refractivity contribution is -0.390. The van der Waals surface area contributed by atoms with Crippen LogP contribution in [0.15, 0.2) is 6.20 Å². The van der Waals surface area contributed by atoms with Gasteiger partial charge in [0.25, 0.3) is 0 Å². The van der Waals surface area contributed by atoms with E-state index < -0.39 is 40.8 Å². The molecule has 11 heteroatoms. The van der Waals surface area contributed by atoms with Crippen molar-refractivity contribution >= 4 is 11.7 Å². The van der Waals surface area contributed by atoms with Crippen LogP contribution in [0.2, 0.25) is 0 Å². The fourth-order valence-electron chi connectivity index (χ4n) is 1.44. The minimum absolute atomic E-state index is 0.235. The third kappa shape index (κ3) is 4.19. The summed E-state index contributed by atoms with van der Waals surface area (Å²) in [6.45, 7) is 0. The minimum Gasteiger partial charge on any atom is -0.495 e. The highest BCUT2D eigenvalue weighted by molar-refractivity contribution is 5.76. The monoisotopic (exact) mass is 310 g/mol. The lowest BCUT2D eigenvalue weighted by Gasteiger charge is -2.12. The summed E-state index contributed by atoms with van der Waals surface area (Å²) in [6, 6.07) is 0. The van der Waals surface area contributed by atoms with Crippen LogP contribution in [-0.2, 0) is 16.0 Å². The Kier molecular flexibility index (Phi) is 4.89. The number of alkyl halides is 3. The number of methoxy groups -OCH3 is 2. The summed E-state index contributed by atoms with van der Waals surface area (Å²) in [6.07, 6.45) is -5.06. The van der Waals surface area contributed by atoms with Gasteiger partial charge >= 0.3 is 23.9 Å². The van der Waals surface area contributed by atoms with Crippen molar-refractivity contribution in [3.05, 3.63) is 21.9 Å². The molecule has 1 aromatic heterocycles. The number of ether oxygens (including phenoxy) is 3. The van der Waals surface area contributed by atoms with Gasteiger partial charge in [-0.2, -0.15) is 0 Å². The van der Waals surface area contributed by atoms with Crippen LogP contribution in [0.4, 0.5) is 18.9 Å². The van der Waals surface area contributed by atoms with E-state index in [1.54, 1.807) is 0 Å². The van der Waals surface area contributed by atoms with Gasteiger partial charge in [-0.05, 0) is 0 Å². The molecule has 0 atom stereocenters. The number of nitro groups is 1. The van der Waals surface area contributed by atoms with Gasteiger partial charge in [-0.25, -0.2) is 4.98 Å². The maximum Gasteiger partial charge on any atom is 0.574 e. The largest absolute Gasteiger partial charge is 0.574 e. The number of esters is 1. The van der Waals surface area contributed by atoms with Crippen LogP contribution in [0.5, 0.6) is 11.6 Å². The van der Waals surface area contributed by atoms with E-state index in [0.29, 0.717) is 0 Å². The van der Waals surface area contributed by atoms with Crippen LogP contribution < -0.4 is 9.47 Å². The van der Waals surface area contributed by atoms with Crippen molar-refractivity contribution in [3.63, 3.8) is 0 Å². The van der Waals surface area contributed by atoms with Gasteiger partial charge in [-0.15, -0.1) is 13.2 Å². The summed E-state index contributed by atoms with van der Waals surface area (Å²) < 4.78 is 49.2. The maximum absolute atomic E-state index is 12.2. The van der Waals surface area contributed by atoms with E-state index in [9.17, 15) is 28.1 Å². The highest BCUT2D eigenvalue weighted by Crippen LogP contribution is 2.37. The normalized spacial score (nSPS) is 10.9. The Labute approximate surface area is 115 Å². The molecule has 0 N–H and O–H groups in total. The van der Waals surface area contributed by atoms with Gasteiger partial charge in [0.1, 0.15) is 5.75 Å². The van der Waals surface area contributed by atoms with Crippen molar-refractivity contribution < 1.29 is 37.1 Å². The van der Waals surface area contributed by atoms with Crippen LogP contribution in [0.3, 0.4) is 0 Å². The van der Waals surface area contributed by atoms with E-state index in [1.807, 2.05) is 0 Å². The topological polar surface area (TPSA) is 101 Å². The number of halogens is 3. The van der Waals surface area contributed by atoms with Gasteiger partial charge < -0.3 is 14.2 Å². The van der Waals surface area contributed by atoms with Gasteiger partial charge in [0.05, 0.1) is 37.3 Å². The Bertz CT molecular complexity index is 560. The molecule has 0 unspecified atom stereocenters. The molecule has 0 fully saturated rings. The van der Waals surface area contributed by atoms with Crippen molar-refractivity contribution in [2.75, 3.05) is 14.2 Å². The first-order valence-electron chi connectivity index (χ1n) is 5.22. The van der Waals surface area contributed by atoms with Crippen molar-refractivity contribution in [1.29, 1.82) is 0 Å². The molecule has 8 nitrogen and oxygen atoms in total. The Morgan fingerprint density at radius 1 is 1.43 bits per heavy atom. The van der Waals surface area contributed by atoms with E-state index >= 15 is 0 Å². The number of hydrogen-bond acceptors (Lipinski definition) is 7. The smallest absolute Gasteiger partial charge is 0.495 e. The molecule has 1 rings (SSSR count). The molecule has 21 heavy (non-hydrogen) atoms. The number of pyridine rings is 1. The Morgan fingerprint density at radius 3 is 2.48 bits per heavy atom. The highest BCUT2D eigenvalue weighted by Gasteiger charge is 2.38. The van der Waals surface area contributed by atoms with E-state index in [4.69, 9.17) is 4.74 Å². The predicted octanol–water partition coefficient (Wildman–Crippen LogP) is 1.61. The number of rotatable bonds is 5. The summed E-state index contributed by atoms with van der Waals surface area (Å²) in [5, 5.41) is 11.0. The zero-order chi connectivity index (χ0) is 16.2. The van der Waals surface area contributed by atoms with Gasteiger partial charge in [-0.1, -0.05) is 0 Å². The molecule has 0 saturated heterocycles. The molecule has 1 aromatic rings. The van der Waals surface area contributed by atoms with Gasteiger partial charge in [0, 0.05) is 0 Å². The molecule has 0 saturated carbocycles. The quantitative estimate of drug-likeness (QED) is 0.462. The Balaban J connectivity index is 3.44. The Hall–Kier alpha value is -2.59. The van der Waals surface area contributed by atoms with E-state index in [1.165, 1.54) is 0 Å². The van der Waals surface area contributed by atoms with E-state index in [2.05, 4.69) is 14.5 Å². The fraction of sp³-hybridized carbons (Fsp3) is 0.400. The number of carbonyl (C=O) groups excluding carboxylic acids is 1. The number of carbonyl (C=O) groups is 1. The van der Waals surface area contributed by atoms with Crippen LogP contribution in [0.25, 0.3) is 0 Å². The summed E-state index contributed by atoms with van der Waals surface area (Å²) in [4.78, 5) is 24.3. The molecule has 0 aromatic carbocycles. The van der Waals surface area contributed by atoms with Crippen molar-refractivity contribution in [2.24, 2.45) is 0 Å². The summed E-state index contributed by atoms with van der Waals surface area (Å²) in [5.41, 5.74) is -1.54. The van der Waals surface area contributed by atoms with Crippen LogP contribution >= 0.6 is 0 Å². The molecule has 0 aliphatic rings. The van der Waals surface area contributed by atoms with Crippen molar-refractivity contribution in [1.82, 2.24) is 4.98 Å². The lowest BCUT2D eigenvalue weighted by atomic mass is 10.1. The molecule has 0 spiro atoms. The molecule has 0 aliphatic heterocycles. The molecule has 0 bridgehead atoms. The maximum atomic E-state index is 12.2. The van der Waals surface area contributed by atoms with E-state index in [0.717, 1.165) is 20.4 Å². The number of hydrogen-bond donors (Lipinski definition) is 0. The molecular formula is C10H9F3N2O6. The van der Waals surface area contributed by atoms with Gasteiger partial charge in [0.2, 0.25) is 0 Å². The molecule has 1 heterocycles. The zero-order valence-corrected chi connectivity index (χ0v) is 10.8. The number of aromatic nitrogens is 1. The first kappa shape index (κ1) is 16.5. The van der Waals surface area contributed by atoms with E-state index in [-0.39, 0.29) is 5.75 Å². The average Bonchev–Trinajstić information content (AvgIpc) is 2.36. The summed E-state index contributed by atoms with van der Waals surface area (Å²) in [7, 11) is 2.14. The van der Waals surface area contributed by atoms with Crippen LogP contribution in [0, 0.1) is 10.1 Å². The standard InChI is InChI=1S/C10H9F3N2O6/c1-19-6-4-14-9(21-10(11,12)13)8(15(17)18)5(6)3-7(16)20-2/h4H,3H2,1-2H3. The predicted molar refractivity (Wildman–Crippen MR) is 59.8 cm³/mol. The van der Waals surface area contributed by atoms with Crippen LogP contribution in [-0.4, -0.2) is 36.5 Å². The first-order valence-corrected chi connectivity index (χ1v) is 5.22. The molecular weight excluding hydrogens is 301 g/mol. The SMILES string of the molecule is COC(=O)Cc1c(OC)cnc(OC(F)(F)F)c1[N+](=O)[O-]. The second kappa shape index (κ2) is 6.24. The van der Waals surface area contributed by atoms with Crippen molar-refractivity contribution in [2.45, 2.75) is 12.8 Å². The molecule has 0 aliphatic carbocycles. The minimum atomic E-state index is -5.17. The molecule has 0 radical (unpaired) electrons. The Morgan fingerprint density at radius 2 is 2.05 bits per heavy atom. The summed E-state index contributed by atoms with van der Waals surface area (Å²) >= 11 is 0. The second-order valence-electron chi connectivity index (χ2n) is 3.52. The summed E-state index contributed by atoms with van der Waals surface area (Å²) in [5.74, 6) is -2.42. The zero-order valence-electron chi connectivity index (χ0n) is 10.8.